The molecule has 1 aromatic carbocycles. The molecule has 4 rings (SSSR count). The molecule has 0 radical (unpaired) electrons. The van der Waals surface area contributed by atoms with E-state index < -0.39 is 0 Å². The van der Waals surface area contributed by atoms with Crippen molar-refractivity contribution in [1.82, 2.24) is 19.9 Å². The molecule has 0 bridgehead atoms. The van der Waals surface area contributed by atoms with E-state index in [0.29, 0.717) is 11.7 Å². The molecule has 3 heterocycles. The number of hydrogen-bond donors (Lipinski definition) is 0. The Labute approximate surface area is 169 Å². The summed E-state index contributed by atoms with van der Waals surface area (Å²) in [5.41, 5.74) is 1.91. The van der Waals surface area contributed by atoms with Gasteiger partial charge >= 0.3 is 0 Å². The first-order valence-corrected chi connectivity index (χ1v) is 10.6. The largest absolute Gasteiger partial charge is 0.378 e. The zero-order chi connectivity index (χ0) is 19.3. The standard InChI is InChI=1S/C20H25N5O2S/c1-15(2)13-25-19(24-8-10-26-11-9-24)21-22-20(25)28-14-17-12-18(23-27-17)16-6-4-3-5-7-16/h3-7,12,15H,8-11,13-14H2,1-2H3. The van der Waals surface area contributed by atoms with Gasteiger partial charge in [-0.25, -0.2) is 0 Å². The molecule has 28 heavy (non-hydrogen) atoms. The van der Waals surface area contributed by atoms with Gasteiger partial charge in [0.1, 0.15) is 11.5 Å². The van der Waals surface area contributed by atoms with Gasteiger partial charge in [0.15, 0.2) is 5.16 Å². The number of ether oxygens (including phenoxy) is 1. The van der Waals surface area contributed by atoms with Crippen molar-refractivity contribution in [3.05, 3.63) is 42.2 Å². The van der Waals surface area contributed by atoms with E-state index >= 15 is 0 Å². The molecular weight excluding hydrogens is 374 g/mol. The molecular formula is C20H25N5O2S. The van der Waals surface area contributed by atoms with E-state index in [9.17, 15) is 0 Å². The molecule has 0 spiro atoms. The molecule has 0 unspecified atom stereocenters. The fraction of sp³-hybridized carbons (Fsp3) is 0.450. The Kier molecular flexibility index (Phi) is 5.97. The van der Waals surface area contributed by atoms with Crippen LogP contribution in [0.4, 0.5) is 5.95 Å². The molecule has 7 nitrogen and oxygen atoms in total. The minimum atomic E-state index is 0.505. The highest BCUT2D eigenvalue weighted by atomic mass is 32.2. The highest BCUT2D eigenvalue weighted by Crippen LogP contribution is 2.28. The second kappa shape index (κ2) is 8.79. The number of anilines is 1. The van der Waals surface area contributed by atoms with Crippen LogP contribution in [0.3, 0.4) is 0 Å². The maximum absolute atomic E-state index is 5.53. The third-order valence-corrected chi connectivity index (χ3v) is 5.50. The van der Waals surface area contributed by atoms with Crippen molar-refractivity contribution in [2.75, 3.05) is 31.2 Å². The lowest BCUT2D eigenvalue weighted by atomic mass is 10.1. The predicted molar refractivity (Wildman–Crippen MR) is 109 cm³/mol. The van der Waals surface area contributed by atoms with Crippen LogP contribution in [0.15, 0.2) is 46.1 Å². The third-order valence-electron chi connectivity index (χ3n) is 4.51. The van der Waals surface area contributed by atoms with E-state index in [1.165, 1.54) is 0 Å². The molecule has 1 fully saturated rings. The van der Waals surface area contributed by atoms with Crippen molar-refractivity contribution in [3.63, 3.8) is 0 Å². The molecule has 0 N–H and O–H groups in total. The van der Waals surface area contributed by atoms with Crippen LogP contribution < -0.4 is 4.90 Å². The van der Waals surface area contributed by atoms with Crippen molar-refractivity contribution < 1.29 is 9.26 Å². The molecule has 148 valence electrons. The molecule has 2 aromatic heterocycles. The van der Waals surface area contributed by atoms with E-state index in [2.05, 4.69) is 38.7 Å². The average Bonchev–Trinajstić information content (AvgIpc) is 3.35. The van der Waals surface area contributed by atoms with E-state index in [0.717, 1.165) is 61.0 Å². The topological polar surface area (TPSA) is 69.2 Å². The van der Waals surface area contributed by atoms with Crippen LogP contribution in [0.1, 0.15) is 19.6 Å². The maximum atomic E-state index is 5.53. The van der Waals surface area contributed by atoms with Gasteiger partial charge in [-0.3, -0.25) is 4.57 Å². The van der Waals surface area contributed by atoms with Crippen LogP contribution in [-0.2, 0) is 17.0 Å². The van der Waals surface area contributed by atoms with Crippen molar-refractivity contribution in [2.45, 2.75) is 31.3 Å². The molecule has 0 aliphatic carbocycles. The summed E-state index contributed by atoms with van der Waals surface area (Å²) >= 11 is 1.63. The molecule has 8 heteroatoms. The van der Waals surface area contributed by atoms with E-state index in [-0.39, 0.29) is 0 Å². The van der Waals surface area contributed by atoms with Crippen LogP contribution in [0.25, 0.3) is 11.3 Å². The summed E-state index contributed by atoms with van der Waals surface area (Å²) in [4.78, 5) is 2.25. The van der Waals surface area contributed by atoms with Gasteiger partial charge in [0.2, 0.25) is 5.95 Å². The first-order valence-electron chi connectivity index (χ1n) is 9.60. The zero-order valence-corrected chi connectivity index (χ0v) is 17.1. The monoisotopic (exact) mass is 399 g/mol. The van der Waals surface area contributed by atoms with Crippen LogP contribution >= 0.6 is 11.8 Å². The normalized spacial score (nSPS) is 14.8. The number of benzene rings is 1. The minimum absolute atomic E-state index is 0.505. The fourth-order valence-corrected chi connectivity index (χ4v) is 3.99. The van der Waals surface area contributed by atoms with E-state index in [1.54, 1.807) is 11.8 Å². The Morgan fingerprint density at radius 1 is 1.11 bits per heavy atom. The Hall–Kier alpha value is -2.32. The Morgan fingerprint density at radius 3 is 2.64 bits per heavy atom. The van der Waals surface area contributed by atoms with Crippen molar-refractivity contribution in [2.24, 2.45) is 5.92 Å². The highest BCUT2D eigenvalue weighted by molar-refractivity contribution is 7.98. The van der Waals surface area contributed by atoms with Gasteiger partial charge in [-0.05, 0) is 5.92 Å². The molecule has 1 saturated heterocycles. The molecule has 0 amide bonds. The Bertz CT molecular complexity index is 887. The minimum Gasteiger partial charge on any atom is -0.378 e. The number of aromatic nitrogens is 4. The Morgan fingerprint density at radius 2 is 1.89 bits per heavy atom. The lowest BCUT2D eigenvalue weighted by Gasteiger charge is -2.28. The van der Waals surface area contributed by atoms with Gasteiger partial charge in [-0.2, -0.15) is 0 Å². The van der Waals surface area contributed by atoms with Gasteiger partial charge in [0, 0.05) is 31.3 Å². The van der Waals surface area contributed by atoms with Gasteiger partial charge in [0.25, 0.3) is 0 Å². The maximum Gasteiger partial charge on any atom is 0.228 e. The smallest absolute Gasteiger partial charge is 0.228 e. The number of nitrogens with zero attached hydrogens (tertiary/aromatic N) is 5. The van der Waals surface area contributed by atoms with E-state index in [4.69, 9.17) is 9.26 Å². The lowest BCUT2D eigenvalue weighted by molar-refractivity contribution is 0.121. The second-order valence-corrected chi connectivity index (χ2v) is 8.16. The molecule has 0 saturated carbocycles. The quantitative estimate of drug-likeness (QED) is 0.561. The zero-order valence-electron chi connectivity index (χ0n) is 16.2. The number of thioether (sulfide) groups is 1. The third kappa shape index (κ3) is 4.39. The lowest BCUT2D eigenvalue weighted by Crippen LogP contribution is -2.38. The van der Waals surface area contributed by atoms with Crippen molar-refractivity contribution in [3.8, 4) is 11.3 Å². The highest BCUT2D eigenvalue weighted by Gasteiger charge is 2.21. The summed E-state index contributed by atoms with van der Waals surface area (Å²) in [6, 6.07) is 12.0. The molecule has 3 aromatic rings. The number of morpholine rings is 1. The molecule has 0 atom stereocenters. The Balaban J connectivity index is 1.48. The van der Waals surface area contributed by atoms with Gasteiger partial charge in [-0.15, -0.1) is 10.2 Å². The summed E-state index contributed by atoms with van der Waals surface area (Å²) in [5.74, 6) is 2.93. The van der Waals surface area contributed by atoms with Crippen LogP contribution in [-0.4, -0.2) is 46.2 Å². The number of rotatable bonds is 7. The second-order valence-electron chi connectivity index (χ2n) is 7.22. The van der Waals surface area contributed by atoms with Crippen LogP contribution in [0.2, 0.25) is 0 Å². The number of hydrogen-bond acceptors (Lipinski definition) is 7. The predicted octanol–water partition coefficient (Wildman–Crippen LogP) is 3.72. The fourth-order valence-electron chi connectivity index (χ4n) is 3.17. The first-order chi connectivity index (χ1) is 13.7. The van der Waals surface area contributed by atoms with Crippen LogP contribution in [0.5, 0.6) is 0 Å². The summed E-state index contributed by atoms with van der Waals surface area (Å²) < 4.78 is 13.2. The van der Waals surface area contributed by atoms with Gasteiger partial charge in [0.05, 0.1) is 19.0 Å². The molecule has 1 aliphatic heterocycles. The SMILES string of the molecule is CC(C)Cn1c(SCc2cc(-c3ccccc3)no2)nnc1N1CCOCC1. The van der Waals surface area contributed by atoms with Crippen LogP contribution in [0, 0.1) is 5.92 Å². The summed E-state index contributed by atoms with van der Waals surface area (Å²) in [7, 11) is 0. The van der Waals surface area contributed by atoms with E-state index in [1.807, 2.05) is 36.4 Å². The summed E-state index contributed by atoms with van der Waals surface area (Å²) in [5, 5.41) is 14.0. The average molecular weight is 400 g/mol. The van der Waals surface area contributed by atoms with Crippen molar-refractivity contribution >= 4 is 17.7 Å². The first kappa shape index (κ1) is 19.0. The summed E-state index contributed by atoms with van der Waals surface area (Å²) in [6.45, 7) is 8.47. The summed E-state index contributed by atoms with van der Waals surface area (Å²) in [6.07, 6.45) is 0. The van der Waals surface area contributed by atoms with Crippen molar-refractivity contribution in [1.29, 1.82) is 0 Å². The van der Waals surface area contributed by atoms with Gasteiger partial charge < -0.3 is 14.2 Å². The molecule has 1 aliphatic rings. The van der Waals surface area contributed by atoms with Gasteiger partial charge in [-0.1, -0.05) is 61.1 Å².